The number of anilines is 1. The number of benzene rings is 1. The molecule has 0 saturated heterocycles. The standard InChI is InChI=1S/C14H18BrNO3/c1-7-5-8(2)12(11(15)6-7)16-13(17)9(3)10(4)14(18)19/h5-6,9-10H,1-4H3,(H,16,17)(H,18,19). The van der Waals surface area contributed by atoms with Crippen LogP contribution >= 0.6 is 15.9 Å². The van der Waals surface area contributed by atoms with Crippen molar-refractivity contribution in [3.8, 4) is 0 Å². The van der Waals surface area contributed by atoms with Gasteiger partial charge in [-0.2, -0.15) is 0 Å². The average molecular weight is 328 g/mol. The lowest BCUT2D eigenvalue weighted by molar-refractivity contribution is -0.145. The minimum absolute atomic E-state index is 0.289. The summed E-state index contributed by atoms with van der Waals surface area (Å²) in [6.45, 7) is 7.02. The predicted octanol–water partition coefficient (Wildman–Crippen LogP) is 3.36. The average Bonchev–Trinajstić information content (AvgIpc) is 2.31. The van der Waals surface area contributed by atoms with Crippen LogP contribution in [0.5, 0.6) is 0 Å². The summed E-state index contributed by atoms with van der Waals surface area (Å²) in [6, 6.07) is 3.87. The van der Waals surface area contributed by atoms with Gasteiger partial charge in [0.2, 0.25) is 5.91 Å². The van der Waals surface area contributed by atoms with E-state index in [-0.39, 0.29) is 5.91 Å². The molecule has 2 atom stereocenters. The molecular weight excluding hydrogens is 310 g/mol. The molecule has 1 aromatic rings. The number of aryl methyl sites for hydroxylation is 2. The zero-order valence-electron chi connectivity index (χ0n) is 11.5. The van der Waals surface area contributed by atoms with Crippen LogP contribution in [0.2, 0.25) is 0 Å². The molecule has 0 aliphatic heterocycles. The predicted molar refractivity (Wildman–Crippen MR) is 78.2 cm³/mol. The van der Waals surface area contributed by atoms with Gasteiger partial charge in [-0.15, -0.1) is 0 Å². The van der Waals surface area contributed by atoms with Crippen molar-refractivity contribution in [3.05, 3.63) is 27.7 Å². The number of hydrogen-bond acceptors (Lipinski definition) is 2. The highest BCUT2D eigenvalue weighted by Crippen LogP contribution is 2.28. The third-order valence-electron chi connectivity index (χ3n) is 3.23. The van der Waals surface area contributed by atoms with E-state index in [4.69, 9.17) is 5.11 Å². The van der Waals surface area contributed by atoms with E-state index in [2.05, 4.69) is 21.2 Å². The van der Waals surface area contributed by atoms with Crippen molar-refractivity contribution in [1.29, 1.82) is 0 Å². The van der Waals surface area contributed by atoms with E-state index in [0.717, 1.165) is 15.6 Å². The van der Waals surface area contributed by atoms with Gasteiger partial charge in [0.05, 0.1) is 11.6 Å². The Morgan fingerprint density at radius 1 is 1.21 bits per heavy atom. The van der Waals surface area contributed by atoms with Gasteiger partial charge >= 0.3 is 5.97 Å². The van der Waals surface area contributed by atoms with Gasteiger partial charge < -0.3 is 10.4 Å². The highest BCUT2D eigenvalue weighted by molar-refractivity contribution is 9.10. The highest BCUT2D eigenvalue weighted by atomic mass is 79.9. The Labute approximate surface area is 121 Å². The van der Waals surface area contributed by atoms with Gasteiger partial charge in [-0.1, -0.05) is 19.9 Å². The van der Waals surface area contributed by atoms with Crippen molar-refractivity contribution < 1.29 is 14.7 Å². The molecular formula is C14H18BrNO3. The van der Waals surface area contributed by atoms with Gasteiger partial charge in [0.25, 0.3) is 0 Å². The lowest BCUT2D eigenvalue weighted by Gasteiger charge is -2.18. The molecule has 1 aromatic carbocycles. The van der Waals surface area contributed by atoms with Crippen LogP contribution in [-0.2, 0) is 9.59 Å². The minimum atomic E-state index is -0.970. The highest BCUT2D eigenvalue weighted by Gasteiger charge is 2.26. The van der Waals surface area contributed by atoms with Crippen LogP contribution in [0.25, 0.3) is 0 Å². The maximum atomic E-state index is 12.1. The van der Waals surface area contributed by atoms with Crippen molar-refractivity contribution >= 4 is 33.5 Å². The minimum Gasteiger partial charge on any atom is -0.481 e. The number of nitrogens with one attached hydrogen (secondary N) is 1. The van der Waals surface area contributed by atoms with Crippen LogP contribution in [-0.4, -0.2) is 17.0 Å². The third kappa shape index (κ3) is 3.80. The molecule has 0 spiro atoms. The molecule has 0 aromatic heterocycles. The summed E-state index contributed by atoms with van der Waals surface area (Å²) in [7, 11) is 0. The maximum Gasteiger partial charge on any atom is 0.307 e. The smallest absolute Gasteiger partial charge is 0.307 e. The first-order valence-electron chi connectivity index (χ1n) is 6.04. The number of carboxylic acids is 1. The molecule has 0 saturated carbocycles. The van der Waals surface area contributed by atoms with Crippen LogP contribution in [0, 0.1) is 25.7 Å². The van der Waals surface area contributed by atoms with E-state index in [1.807, 2.05) is 26.0 Å². The van der Waals surface area contributed by atoms with E-state index < -0.39 is 17.8 Å². The number of carbonyl (C=O) groups excluding carboxylic acids is 1. The number of carbonyl (C=O) groups is 2. The fourth-order valence-electron chi connectivity index (χ4n) is 1.75. The van der Waals surface area contributed by atoms with Crippen LogP contribution in [0.1, 0.15) is 25.0 Å². The number of amides is 1. The summed E-state index contributed by atoms with van der Waals surface area (Å²) < 4.78 is 0.800. The quantitative estimate of drug-likeness (QED) is 0.891. The first kappa shape index (κ1) is 15.7. The SMILES string of the molecule is Cc1cc(C)c(NC(=O)C(C)C(C)C(=O)O)c(Br)c1. The molecule has 0 heterocycles. The molecule has 5 heteroatoms. The molecule has 19 heavy (non-hydrogen) atoms. The summed E-state index contributed by atoms with van der Waals surface area (Å²) in [5.74, 6) is -2.57. The van der Waals surface area contributed by atoms with E-state index in [0.29, 0.717) is 5.69 Å². The zero-order chi connectivity index (χ0) is 14.7. The normalized spacial score (nSPS) is 13.7. The second-order valence-corrected chi connectivity index (χ2v) is 5.70. The fourth-order valence-corrected chi connectivity index (χ4v) is 2.52. The number of halogens is 1. The van der Waals surface area contributed by atoms with E-state index in [1.54, 1.807) is 6.92 Å². The summed E-state index contributed by atoms with van der Waals surface area (Å²) in [5.41, 5.74) is 2.73. The van der Waals surface area contributed by atoms with Crippen LogP contribution in [0.3, 0.4) is 0 Å². The van der Waals surface area contributed by atoms with Gasteiger partial charge in [-0.3, -0.25) is 9.59 Å². The van der Waals surface area contributed by atoms with Crippen LogP contribution in [0.15, 0.2) is 16.6 Å². The Balaban J connectivity index is 2.92. The van der Waals surface area contributed by atoms with Gasteiger partial charge in [0.1, 0.15) is 0 Å². The Morgan fingerprint density at radius 3 is 2.26 bits per heavy atom. The third-order valence-corrected chi connectivity index (χ3v) is 3.86. The summed E-state index contributed by atoms with van der Waals surface area (Å²) in [4.78, 5) is 22.9. The number of carboxylic acid groups (broad SMARTS) is 1. The lowest BCUT2D eigenvalue weighted by atomic mass is 9.95. The Morgan fingerprint density at radius 2 is 1.79 bits per heavy atom. The first-order chi connectivity index (χ1) is 8.73. The van der Waals surface area contributed by atoms with Gasteiger partial charge in [0, 0.05) is 10.4 Å². The van der Waals surface area contributed by atoms with Crippen molar-refractivity contribution in [1.82, 2.24) is 0 Å². The zero-order valence-corrected chi connectivity index (χ0v) is 13.0. The Hall–Kier alpha value is -1.36. The van der Waals surface area contributed by atoms with Gasteiger partial charge in [0.15, 0.2) is 0 Å². The van der Waals surface area contributed by atoms with Crippen LogP contribution < -0.4 is 5.32 Å². The van der Waals surface area contributed by atoms with Gasteiger partial charge in [-0.25, -0.2) is 0 Å². The summed E-state index contributed by atoms with van der Waals surface area (Å²) in [5, 5.41) is 11.7. The topological polar surface area (TPSA) is 66.4 Å². The molecule has 0 bridgehead atoms. The number of hydrogen-bond donors (Lipinski definition) is 2. The lowest BCUT2D eigenvalue weighted by Crippen LogP contribution is -2.30. The molecule has 0 aliphatic carbocycles. The molecule has 104 valence electrons. The molecule has 1 rings (SSSR count). The maximum absolute atomic E-state index is 12.1. The second kappa shape index (κ2) is 6.19. The molecule has 2 N–H and O–H groups in total. The summed E-state index contributed by atoms with van der Waals surface area (Å²) >= 11 is 3.41. The largest absolute Gasteiger partial charge is 0.481 e. The van der Waals surface area contributed by atoms with Crippen molar-refractivity contribution in [3.63, 3.8) is 0 Å². The van der Waals surface area contributed by atoms with Crippen molar-refractivity contribution in [2.24, 2.45) is 11.8 Å². The van der Waals surface area contributed by atoms with Crippen molar-refractivity contribution in [2.45, 2.75) is 27.7 Å². The molecule has 2 unspecified atom stereocenters. The van der Waals surface area contributed by atoms with Gasteiger partial charge in [-0.05, 0) is 47.0 Å². The van der Waals surface area contributed by atoms with E-state index >= 15 is 0 Å². The number of rotatable bonds is 4. The number of aliphatic carboxylic acids is 1. The Kier molecular flexibility index (Phi) is 5.11. The fraction of sp³-hybridized carbons (Fsp3) is 0.429. The Bertz CT molecular complexity index is 490. The molecule has 0 aliphatic rings. The molecule has 4 nitrogen and oxygen atoms in total. The van der Waals surface area contributed by atoms with E-state index in [1.165, 1.54) is 6.92 Å². The molecule has 0 fully saturated rings. The second-order valence-electron chi connectivity index (χ2n) is 4.84. The van der Waals surface area contributed by atoms with Crippen molar-refractivity contribution in [2.75, 3.05) is 5.32 Å². The van der Waals surface area contributed by atoms with E-state index in [9.17, 15) is 9.59 Å². The van der Waals surface area contributed by atoms with Crippen LogP contribution in [0.4, 0.5) is 5.69 Å². The molecule has 0 radical (unpaired) electrons. The summed E-state index contributed by atoms with van der Waals surface area (Å²) in [6.07, 6.45) is 0. The first-order valence-corrected chi connectivity index (χ1v) is 6.83. The monoisotopic (exact) mass is 327 g/mol. The molecule has 1 amide bonds.